The Morgan fingerprint density at radius 1 is 1.22 bits per heavy atom. The SMILES string of the molecule is Nn1c(SCCN2CCOCC2)nnc1-c1ccc(Cl)cc1Cl. The van der Waals surface area contributed by atoms with Crippen LogP contribution in [0.15, 0.2) is 23.4 Å². The standard InChI is InChI=1S/C14H17Cl2N5OS/c15-10-1-2-11(12(16)9-10)13-18-19-14(21(13)17)23-8-5-20-3-6-22-7-4-20/h1-2,9H,3-8,17H2. The molecule has 124 valence electrons. The van der Waals surface area contributed by atoms with Crippen molar-refractivity contribution in [2.45, 2.75) is 5.16 Å². The highest BCUT2D eigenvalue weighted by molar-refractivity contribution is 7.99. The third-order valence-electron chi connectivity index (χ3n) is 3.58. The van der Waals surface area contributed by atoms with Gasteiger partial charge in [-0.3, -0.25) is 4.90 Å². The maximum absolute atomic E-state index is 6.20. The number of thioether (sulfide) groups is 1. The molecule has 3 rings (SSSR count). The fraction of sp³-hybridized carbons (Fsp3) is 0.429. The summed E-state index contributed by atoms with van der Waals surface area (Å²) in [5.74, 6) is 7.53. The summed E-state index contributed by atoms with van der Waals surface area (Å²) in [5.41, 5.74) is 0.714. The third kappa shape index (κ3) is 4.10. The van der Waals surface area contributed by atoms with E-state index >= 15 is 0 Å². The number of benzene rings is 1. The molecule has 0 bridgehead atoms. The average molecular weight is 374 g/mol. The fourth-order valence-electron chi connectivity index (χ4n) is 2.32. The molecule has 23 heavy (non-hydrogen) atoms. The van der Waals surface area contributed by atoms with Gasteiger partial charge in [0.05, 0.1) is 18.2 Å². The summed E-state index contributed by atoms with van der Waals surface area (Å²) < 4.78 is 6.81. The minimum Gasteiger partial charge on any atom is -0.379 e. The molecule has 1 aromatic heterocycles. The number of morpholine rings is 1. The molecule has 6 nitrogen and oxygen atoms in total. The Balaban J connectivity index is 1.64. The van der Waals surface area contributed by atoms with E-state index in [1.165, 1.54) is 4.68 Å². The topological polar surface area (TPSA) is 69.2 Å². The largest absolute Gasteiger partial charge is 0.379 e. The van der Waals surface area contributed by atoms with Crippen LogP contribution in [0, 0.1) is 0 Å². The number of nitrogens with two attached hydrogens (primary N) is 1. The highest BCUT2D eigenvalue weighted by Crippen LogP contribution is 2.30. The first-order valence-corrected chi connectivity index (χ1v) is 8.98. The lowest BCUT2D eigenvalue weighted by Gasteiger charge is -2.26. The lowest BCUT2D eigenvalue weighted by atomic mass is 10.2. The van der Waals surface area contributed by atoms with E-state index in [2.05, 4.69) is 15.1 Å². The quantitative estimate of drug-likeness (QED) is 0.640. The molecule has 0 aliphatic carbocycles. The minimum atomic E-state index is 0.501. The summed E-state index contributed by atoms with van der Waals surface area (Å²) in [4.78, 5) is 2.37. The molecule has 2 aromatic rings. The number of hydrogen-bond acceptors (Lipinski definition) is 6. The van der Waals surface area contributed by atoms with Crippen LogP contribution in [0.4, 0.5) is 0 Å². The molecule has 1 saturated heterocycles. The van der Waals surface area contributed by atoms with Gasteiger partial charge in [0, 0.05) is 36.0 Å². The van der Waals surface area contributed by atoms with Crippen molar-refractivity contribution in [1.82, 2.24) is 19.8 Å². The van der Waals surface area contributed by atoms with Crippen LogP contribution in [0.5, 0.6) is 0 Å². The Hall–Kier alpha value is -0.990. The van der Waals surface area contributed by atoms with Crippen molar-refractivity contribution in [3.05, 3.63) is 28.2 Å². The van der Waals surface area contributed by atoms with Crippen molar-refractivity contribution < 1.29 is 4.74 Å². The maximum atomic E-state index is 6.20. The Kier molecular flexibility index (Phi) is 5.66. The van der Waals surface area contributed by atoms with E-state index in [0.717, 1.165) is 38.6 Å². The van der Waals surface area contributed by atoms with E-state index in [1.54, 1.807) is 30.0 Å². The van der Waals surface area contributed by atoms with E-state index in [9.17, 15) is 0 Å². The number of nitrogens with zero attached hydrogens (tertiary/aromatic N) is 4. The lowest BCUT2D eigenvalue weighted by Crippen LogP contribution is -2.37. The second-order valence-corrected chi connectivity index (χ2v) is 7.01. The van der Waals surface area contributed by atoms with Gasteiger partial charge < -0.3 is 10.6 Å². The molecule has 0 radical (unpaired) electrons. The molecule has 1 fully saturated rings. The van der Waals surface area contributed by atoms with Crippen molar-refractivity contribution >= 4 is 35.0 Å². The smallest absolute Gasteiger partial charge is 0.210 e. The Morgan fingerprint density at radius 2 is 2.00 bits per heavy atom. The predicted octanol–water partition coefficient (Wildman–Crippen LogP) is 2.39. The molecule has 2 heterocycles. The van der Waals surface area contributed by atoms with Gasteiger partial charge in [-0.1, -0.05) is 35.0 Å². The van der Waals surface area contributed by atoms with Gasteiger partial charge >= 0.3 is 0 Å². The summed E-state index contributed by atoms with van der Waals surface area (Å²) in [6, 6.07) is 5.21. The molecule has 1 aliphatic rings. The summed E-state index contributed by atoms with van der Waals surface area (Å²) >= 11 is 13.7. The summed E-state index contributed by atoms with van der Waals surface area (Å²) in [6.45, 7) is 4.52. The van der Waals surface area contributed by atoms with Gasteiger partial charge in [0.15, 0.2) is 5.82 Å². The number of rotatable bonds is 5. The zero-order valence-electron chi connectivity index (χ0n) is 12.4. The number of nitrogen functional groups attached to an aromatic ring is 1. The molecule has 0 unspecified atom stereocenters. The zero-order valence-corrected chi connectivity index (χ0v) is 14.7. The van der Waals surface area contributed by atoms with Crippen molar-refractivity contribution in [2.24, 2.45) is 0 Å². The van der Waals surface area contributed by atoms with E-state index in [1.807, 2.05) is 0 Å². The molecule has 0 saturated carbocycles. The summed E-state index contributed by atoms with van der Waals surface area (Å²) in [5, 5.41) is 10.0. The monoisotopic (exact) mass is 373 g/mol. The van der Waals surface area contributed by atoms with Crippen molar-refractivity contribution in [1.29, 1.82) is 0 Å². The van der Waals surface area contributed by atoms with Crippen molar-refractivity contribution in [3.8, 4) is 11.4 Å². The van der Waals surface area contributed by atoms with Crippen LogP contribution in [-0.4, -0.2) is 58.4 Å². The molecule has 9 heteroatoms. The van der Waals surface area contributed by atoms with Crippen LogP contribution < -0.4 is 5.84 Å². The molecule has 0 atom stereocenters. The van der Waals surface area contributed by atoms with Gasteiger partial charge in [0.1, 0.15) is 0 Å². The first kappa shape index (κ1) is 16.9. The van der Waals surface area contributed by atoms with E-state index in [0.29, 0.717) is 26.6 Å². The number of halogens is 2. The molecular formula is C14H17Cl2N5OS. The fourth-order valence-corrected chi connectivity index (χ4v) is 3.67. The van der Waals surface area contributed by atoms with Gasteiger partial charge in [-0.25, -0.2) is 4.68 Å². The van der Waals surface area contributed by atoms with Gasteiger partial charge in [-0.15, -0.1) is 10.2 Å². The van der Waals surface area contributed by atoms with Crippen LogP contribution in [-0.2, 0) is 4.74 Å². The minimum absolute atomic E-state index is 0.501. The van der Waals surface area contributed by atoms with Crippen molar-refractivity contribution in [2.75, 3.05) is 44.4 Å². The van der Waals surface area contributed by atoms with Gasteiger partial charge in [-0.05, 0) is 18.2 Å². The number of ether oxygens (including phenoxy) is 1. The molecule has 0 spiro atoms. The van der Waals surface area contributed by atoms with Crippen LogP contribution >= 0.6 is 35.0 Å². The highest BCUT2D eigenvalue weighted by Gasteiger charge is 2.16. The Bertz CT molecular complexity index is 675. The molecule has 0 amide bonds. The van der Waals surface area contributed by atoms with Crippen LogP contribution in [0.1, 0.15) is 0 Å². The second kappa shape index (κ2) is 7.72. The highest BCUT2D eigenvalue weighted by atomic mass is 35.5. The van der Waals surface area contributed by atoms with Crippen LogP contribution in [0.3, 0.4) is 0 Å². The van der Waals surface area contributed by atoms with E-state index in [4.69, 9.17) is 33.8 Å². The average Bonchev–Trinajstić information content (AvgIpc) is 2.90. The normalized spacial score (nSPS) is 15.9. The van der Waals surface area contributed by atoms with Gasteiger partial charge in [-0.2, -0.15) is 0 Å². The number of aromatic nitrogens is 3. The van der Waals surface area contributed by atoms with E-state index in [-0.39, 0.29) is 0 Å². The van der Waals surface area contributed by atoms with Gasteiger partial charge in [0.25, 0.3) is 0 Å². The molecular weight excluding hydrogens is 357 g/mol. The third-order valence-corrected chi connectivity index (χ3v) is 5.05. The Morgan fingerprint density at radius 3 is 2.74 bits per heavy atom. The maximum Gasteiger partial charge on any atom is 0.210 e. The van der Waals surface area contributed by atoms with Crippen LogP contribution in [0.25, 0.3) is 11.4 Å². The molecule has 2 N–H and O–H groups in total. The first-order chi connectivity index (χ1) is 11.1. The molecule has 1 aromatic carbocycles. The van der Waals surface area contributed by atoms with Gasteiger partial charge in [0.2, 0.25) is 5.16 Å². The predicted molar refractivity (Wildman–Crippen MR) is 93.6 cm³/mol. The van der Waals surface area contributed by atoms with Crippen molar-refractivity contribution in [3.63, 3.8) is 0 Å². The Labute approximate surface area is 148 Å². The summed E-state index contributed by atoms with van der Waals surface area (Å²) in [7, 11) is 0. The van der Waals surface area contributed by atoms with E-state index < -0.39 is 0 Å². The zero-order chi connectivity index (χ0) is 16.2. The number of hydrogen-bond donors (Lipinski definition) is 1. The molecule has 1 aliphatic heterocycles. The second-order valence-electron chi connectivity index (χ2n) is 5.10. The lowest BCUT2D eigenvalue weighted by molar-refractivity contribution is 0.0410. The summed E-state index contributed by atoms with van der Waals surface area (Å²) in [6.07, 6.45) is 0. The van der Waals surface area contributed by atoms with Crippen LogP contribution in [0.2, 0.25) is 10.0 Å². The first-order valence-electron chi connectivity index (χ1n) is 7.24.